The molecule has 0 unspecified atom stereocenters. The molecule has 4 heteroatoms. The zero-order valence-electron chi connectivity index (χ0n) is 10.8. The highest BCUT2D eigenvalue weighted by molar-refractivity contribution is 5.94. The standard InChI is InChI=1S/C15H18N2O2/c16-14(18)9-8-13-7-4-10-17(15(13)19)11-12-5-2-1-3-6-12/h1-3,5-7H,4,8-11H2,(H2,16,18). The van der Waals surface area contributed by atoms with Crippen molar-refractivity contribution in [1.29, 1.82) is 0 Å². The third-order valence-corrected chi connectivity index (χ3v) is 3.21. The van der Waals surface area contributed by atoms with Gasteiger partial charge < -0.3 is 10.6 Å². The van der Waals surface area contributed by atoms with Crippen molar-refractivity contribution in [1.82, 2.24) is 4.90 Å². The molecule has 4 nitrogen and oxygen atoms in total. The lowest BCUT2D eigenvalue weighted by Gasteiger charge is -2.27. The van der Waals surface area contributed by atoms with Crippen LogP contribution in [-0.4, -0.2) is 23.3 Å². The summed E-state index contributed by atoms with van der Waals surface area (Å²) in [6, 6.07) is 9.91. The molecule has 1 aliphatic heterocycles. The number of carbonyl (C=O) groups excluding carboxylic acids is 2. The van der Waals surface area contributed by atoms with Gasteiger partial charge in [0.2, 0.25) is 11.8 Å². The fraction of sp³-hybridized carbons (Fsp3) is 0.333. The van der Waals surface area contributed by atoms with Crippen molar-refractivity contribution in [2.24, 2.45) is 5.73 Å². The van der Waals surface area contributed by atoms with Crippen LogP contribution in [0.2, 0.25) is 0 Å². The highest BCUT2D eigenvalue weighted by Crippen LogP contribution is 2.18. The van der Waals surface area contributed by atoms with E-state index in [4.69, 9.17) is 5.73 Å². The van der Waals surface area contributed by atoms with E-state index in [0.717, 1.165) is 18.5 Å². The molecule has 0 saturated heterocycles. The Hall–Kier alpha value is -2.10. The zero-order chi connectivity index (χ0) is 13.7. The van der Waals surface area contributed by atoms with Crippen LogP contribution in [-0.2, 0) is 16.1 Å². The highest BCUT2D eigenvalue weighted by Gasteiger charge is 2.21. The minimum atomic E-state index is -0.367. The summed E-state index contributed by atoms with van der Waals surface area (Å²) < 4.78 is 0. The van der Waals surface area contributed by atoms with Crippen LogP contribution in [0.15, 0.2) is 42.0 Å². The number of carbonyl (C=O) groups is 2. The normalized spacial score (nSPS) is 15.3. The maximum Gasteiger partial charge on any atom is 0.249 e. The van der Waals surface area contributed by atoms with Gasteiger partial charge in [0.15, 0.2) is 0 Å². The van der Waals surface area contributed by atoms with Gasteiger partial charge in [-0.05, 0) is 18.4 Å². The molecule has 0 saturated carbocycles. The third-order valence-electron chi connectivity index (χ3n) is 3.21. The molecular formula is C15H18N2O2. The molecule has 2 amide bonds. The van der Waals surface area contributed by atoms with Crippen molar-refractivity contribution in [3.05, 3.63) is 47.5 Å². The second-order valence-electron chi connectivity index (χ2n) is 4.70. The number of benzene rings is 1. The Morgan fingerprint density at radius 1 is 1.26 bits per heavy atom. The molecule has 0 aliphatic carbocycles. The highest BCUT2D eigenvalue weighted by atomic mass is 16.2. The van der Waals surface area contributed by atoms with Gasteiger partial charge in [0.1, 0.15) is 0 Å². The van der Waals surface area contributed by atoms with Crippen LogP contribution in [0.3, 0.4) is 0 Å². The molecule has 0 bridgehead atoms. The van der Waals surface area contributed by atoms with Crippen LogP contribution < -0.4 is 5.73 Å². The van der Waals surface area contributed by atoms with E-state index >= 15 is 0 Å². The Morgan fingerprint density at radius 3 is 2.68 bits per heavy atom. The number of amides is 2. The van der Waals surface area contributed by atoms with Crippen molar-refractivity contribution in [2.45, 2.75) is 25.8 Å². The summed E-state index contributed by atoms with van der Waals surface area (Å²) in [4.78, 5) is 24.9. The topological polar surface area (TPSA) is 63.4 Å². The van der Waals surface area contributed by atoms with E-state index in [1.165, 1.54) is 0 Å². The second-order valence-corrected chi connectivity index (χ2v) is 4.70. The molecule has 2 rings (SSSR count). The summed E-state index contributed by atoms with van der Waals surface area (Å²) in [7, 11) is 0. The van der Waals surface area contributed by atoms with Crippen molar-refractivity contribution in [3.63, 3.8) is 0 Å². The lowest BCUT2D eigenvalue weighted by atomic mass is 10.0. The van der Waals surface area contributed by atoms with E-state index in [2.05, 4.69) is 0 Å². The van der Waals surface area contributed by atoms with Gasteiger partial charge in [0.25, 0.3) is 0 Å². The fourth-order valence-electron chi connectivity index (χ4n) is 2.21. The van der Waals surface area contributed by atoms with Gasteiger partial charge in [0, 0.05) is 25.1 Å². The minimum absolute atomic E-state index is 0.0244. The molecule has 1 aliphatic rings. The summed E-state index contributed by atoms with van der Waals surface area (Å²) in [6.07, 6.45) is 3.44. The van der Waals surface area contributed by atoms with Crippen LogP contribution in [0.5, 0.6) is 0 Å². The maximum atomic E-state index is 12.2. The Morgan fingerprint density at radius 2 is 2.00 bits per heavy atom. The molecule has 0 atom stereocenters. The predicted molar refractivity (Wildman–Crippen MR) is 73.0 cm³/mol. The SMILES string of the molecule is NC(=O)CCC1=CCCN(Cc2ccccc2)C1=O. The number of nitrogens with zero attached hydrogens (tertiary/aromatic N) is 1. The zero-order valence-corrected chi connectivity index (χ0v) is 10.8. The summed E-state index contributed by atoms with van der Waals surface area (Å²) in [5.41, 5.74) is 6.95. The van der Waals surface area contributed by atoms with Crippen LogP contribution in [0.1, 0.15) is 24.8 Å². The lowest BCUT2D eigenvalue weighted by Crippen LogP contribution is -2.35. The average Bonchev–Trinajstić information content (AvgIpc) is 2.41. The Kier molecular flexibility index (Phi) is 4.34. The van der Waals surface area contributed by atoms with Gasteiger partial charge in [-0.25, -0.2) is 0 Å². The summed E-state index contributed by atoms with van der Waals surface area (Å²) in [6.45, 7) is 1.35. The van der Waals surface area contributed by atoms with Gasteiger partial charge in [-0.3, -0.25) is 9.59 Å². The summed E-state index contributed by atoms with van der Waals surface area (Å²) in [5.74, 6) is -0.342. The monoisotopic (exact) mass is 258 g/mol. The fourth-order valence-corrected chi connectivity index (χ4v) is 2.21. The first-order valence-electron chi connectivity index (χ1n) is 6.47. The number of hydrogen-bond donors (Lipinski definition) is 1. The smallest absolute Gasteiger partial charge is 0.249 e. The maximum absolute atomic E-state index is 12.2. The van der Waals surface area contributed by atoms with E-state index < -0.39 is 0 Å². The first-order valence-corrected chi connectivity index (χ1v) is 6.47. The van der Waals surface area contributed by atoms with Gasteiger partial charge in [-0.2, -0.15) is 0 Å². The van der Waals surface area contributed by atoms with Crippen molar-refractivity contribution < 1.29 is 9.59 Å². The molecule has 0 aromatic heterocycles. The van der Waals surface area contributed by atoms with Crippen LogP contribution in [0.25, 0.3) is 0 Å². The van der Waals surface area contributed by atoms with Crippen LogP contribution in [0.4, 0.5) is 0 Å². The van der Waals surface area contributed by atoms with Gasteiger partial charge >= 0.3 is 0 Å². The van der Waals surface area contributed by atoms with Crippen LogP contribution >= 0.6 is 0 Å². The van der Waals surface area contributed by atoms with Crippen LogP contribution in [0, 0.1) is 0 Å². The first-order chi connectivity index (χ1) is 9.16. The molecule has 1 aromatic rings. The molecule has 19 heavy (non-hydrogen) atoms. The Balaban J connectivity index is 1.99. The Bertz CT molecular complexity index is 494. The van der Waals surface area contributed by atoms with Gasteiger partial charge in [0.05, 0.1) is 0 Å². The lowest BCUT2D eigenvalue weighted by molar-refractivity contribution is -0.128. The van der Waals surface area contributed by atoms with E-state index in [-0.39, 0.29) is 18.2 Å². The van der Waals surface area contributed by atoms with Gasteiger partial charge in [-0.1, -0.05) is 36.4 Å². The largest absolute Gasteiger partial charge is 0.370 e. The number of primary amides is 1. The first kappa shape index (κ1) is 13.3. The second kappa shape index (κ2) is 6.18. The van der Waals surface area contributed by atoms with E-state index in [9.17, 15) is 9.59 Å². The van der Waals surface area contributed by atoms with Crippen molar-refractivity contribution in [3.8, 4) is 0 Å². The molecule has 1 heterocycles. The van der Waals surface area contributed by atoms with Crippen molar-refractivity contribution >= 4 is 11.8 Å². The van der Waals surface area contributed by atoms with Crippen molar-refractivity contribution in [2.75, 3.05) is 6.54 Å². The predicted octanol–water partition coefficient (Wildman–Crippen LogP) is 1.61. The number of hydrogen-bond acceptors (Lipinski definition) is 2. The van der Waals surface area contributed by atoms with Gasteiger partial charge in [-0.15, -0.1) is 0 Å². The number of nitrogens with two attached hydrogens (primary N) is 1. The molecule has 0 spiro atoms. The van der Waals surface area contributed by atoms with E-state index in [1.54, 1.807) is 0 Å². The summed E-state index contributed by atoms with van der Waals surface area (Å²) in [5, 5.41) is 0. The van der Waals surface area contributed by atoms with E-state index in [0.29, 0.717) is 18.5 Å². The molecule has 0 radical (unpaired) electrons. The van der Waals surface area contributed by atoms with E-state index in [1.807, 2.05) is 41.3 Å². The quantitative estimate of drug-likeness (QED) is 0.872. The molecule has 100 valence electrons. The summed E-state index contributed by atoms with van der Waals surface area (Å²) >= 11 is 0. The molecule has 1 aromatic carbocycles. The molecule has 2 N–H and O–H groups in total. The molecular weight excluding hydrogens is 240 g/mol. The number of rotatable bonds is 5. The average molecular weight is 258 g/mol. The minimum Gasteiger partial charge on any atom is -0.370 e. The molecule has 0 fully saturated rings. The third kappa shape index (κ3) is 3.68. The Labute approximate surface area is 112 Å².